The summed E-state index contributed by atoms with van der Waals surface area (Å²) in [4.78, 5) is 23.6. The van der Waals surface area contributed by atoms with Gasteiger partial charge in [-0.2, -0.15) is 0 Å². The van der Waals surface area contributed by atoms with E-state index in [1.165, 1.54) is 16.8 Å². The third kappa shape index (κ3) is 3.35. The Balaban J connectivity index is 1.97. The molecule has 1 aromatic heterocycles. The van der Waals surface area contributed by atoms with Gasteiger partial charge in [-0.3, -0.25) is 14.7 Å². The average Bonchev–Trinajstić information content (AvgIpc) is 2.35. The van der Waals surface area contributed by atoms with Crippen molar-refractivity contribution in [2.45, 2.75) is 11.4 Å². The van der Waals surface area contributed by atoms with Crippen molar-refractivity contribution in [2.75, 3.05) is 5.75 Å². The predicted octanol–water partition coefficient (Wildman–Crippen LogP) is 1.33. The molecular weight excluding hydrogens is 236 g/mol. The van der Waals surface area contributed by atoms with Crippen LogP contribution in [0.4, 0.5) is 0 Å². The highest BCUT2D eigenvalue weighted by molar-refractivity contribution is 7.99. The van der Waals surface area contributed by atoms with E-state index >= 15 is 0 Å². The third-order valence-corrected chi connectivity index (χ3v) is 3.21. The summed E-state index contributed by atoms with van der Waals surface area (Å²) in [5.74, 6) is 0.740. The van der Waals surface area contributed by atoms with Crippen LogP contribution in [0.25, 0.3) is 0 Å². The highest BCUT2D eigenvalue weighted by Gasteiger charge is 1.97. The van der Waals surface area contributed by atoms with Crippen molar-refractivity contribution in [1.82, 2.24) is 9.78 Å². The van der Waals surface area contributed by atoms with Crippen LogP contribution in [0.5, 0.6) is 0 Å². The van der Waals surface area contributed by atoms with E-state index in [1.54, 1.807) is 11.8 Å². The number of aromatic nitrogens is 2. The molecule has 0 aliphatic rings. The summed E-state index contributed by atoms with van der Waals surface area (Å²) in [7, 11) is 0. The molecule has 1 aromatic carbocycles. The van der Waals surface area contributed by atoms with Gasteiger partial charge in [0.2, 0.25) is 0 Å². The lowest BCUT2D eigenvalue weighted by Gasteiger charge is -2.04. The topological polar surface area (TPSA) is 54.9 Å². The van der Waals surface area contributed by atoms with Gasteiger partial charge in [0, 0.05) is 22.8 Å². The molecule has 1 N–H and O–H groups in total. The number of aromatic amines is 1. The minimum atomic E-state index is -0.255. The molecule has 0 bridgehead atoms. The highest BCUT2D eigenvalue weighted by atomic mass is 32.2. The van der Waals surface area contributed by atoms with Crippen LogP contribution in [-0.2, 0) is 6.54 Å². The van der Waals surface area contributed by atoms with Crippen molar-refractivity contribution in [2.24, 2.45) is 0 Å². The van der Waals surface area contributed by atoms with Gasteiger partial charge in [-0.15, -0.1) is 11.8 Å². The van der Waals surface area contributed by atoms with Crippen molar-refractivity contribution in [3.05, 3.63) is 63.2 Å². The summed E-state index contributed by atoms with van der Waals surface area (Å²) in [6.07, 6.45) is 0. The molecule has 2 aromatic rings. The fourth-order valence-electron chi connectivity index (χ4n) is 1.40. The first-order valence-corrected chi connectivity index (χ1v) is 6.22. The first kappa shape index (κ1) is 11.7. The maximum Gasteiger partial charge on any atom is 0.265 e. The number of nitrogens with zero attached hydrogens (tertiary/aromatic N) is 1. The van der Waals surface area contributed by atoms with Gasteiger partial charge in [0.25, 0.3) is 11.1 Å². The largest absolute Gasteiger partial charge is 0.268 e. The Morgan fingerprint density at radius 3 is 2.59 bits per heavy atom. The lowest BCUT2D eigenvalue weighted by molar-refractivity contribution is 0.610. The predicted molar refractivity (Wildman–Crippen MR) is 68.5 cm³/mol. The number of rotatable bonds is 4. The highest BCUT2D eigenvalue weighted by Crippen LogP contribution is 2.16. The molecule has 0 amide bonds. The second-order valence-corrected chi connectivity index (χ2v) is 4.63. The fourth-order valence-corrected chi connectivity index (χ4v) is 2.26. The molecule has 88 valence electrons. The first-order chi connectivity index (χ1) is 8.25. The van der Waals surface area contributed by atoms with Crippen molar-refractivity contribution < 1.29 is 0 Å². The molecule has 0 saturated heterocycles. The second-order valence-electron chi connectivity index (χ2n) is 3.46. The molecule has 0 aliphatic heterocycles. The lowest BCUT2D eigenvalue weighted by atomic mass is 10.4. The maximum atomic E-state index is 11.4. The molecule has 5 heteroatoms. The molecule has 2 rings (SSSR count). The van der Waals surface area contributed by atoms with Crippen molar-refractivity contribution in [1.29, 1.82) is 0 Å². The Labute approximate surface area is 102 Å². The summed E-state index contributed by atoms with van der Waals surface area (Å²) in [5, 5.41) is 2.50. The van der Waals surface area contributed by atoms with E-state index in [2.05, 4.69) is 5.10 Å². The summed E-state index contributed by atoms with van der Waals surface area (Å²) < 4.78 is 1.33. The molecule has 0 atom stereocenters. The van der Waals surface area contributed by atoms with Crippen LogP contribution in [0.15, 0.2) is 56.9 Å². The standard InChI is InChI=1S/C12H12N2O2S/c15-11-6-7-12(16)14(13-11)8-9-17-10-4-2-1-3-5-10/h1-7H,8-9H2,(H,13,15). The van der Waals surface area contributed by atoms with E-state index < -0.39 is 0 Å². The molecule has 0 aliphatic carbocycles. The number of hydrogen-bond acceptors (Lipinski definition) is 3. The van der Waals surface area contributed by atoms with Crippen LogP contribution in [0.2, 0.25) is 0 Å². The second kappa shape index (κ2) is 5.54. The van der Waals surface area contributed by atoms with Gasteiger partial charge >= 0.3 is 0 Å². The minimum Gasteiger partial charge on any atom is -0.268 e. The molecule has 0 unspecified atom stereocenters. The van der Waals surface area contributed by atoms with Gasteiger partial charge in [-0.25, -0.2) is 4.68 Å². The zero-order valence-corrected chi connectivity index (χ0v) is 9.94. The van der Waals surface area contributed by atoms with E-state index in [0.717, 1.165) is 10.6 Å². The normalized spacial score (nSPS) is 10.4. The van der Waals surface area contributed by atoms with Gasteiger partial charge in [0.1, 0.15) is 0 Å². The van der Waals surface area contributed by atoms with E-state index in [0.29, 0.717) is 6.54 Å². The quantitative estimate of drug-likeness (QED) is 0.830. The van der Waals surface area contributed by atoms with E-state index in [1.807, 2.05) is 30.3 Å². The van der Waals surface area contributed by atoms with Crippen LogP contribution in [0.3, 0.4) is 0 Å². The SMILES string of the molecule is O=c1ccc(=O)n(CCSc2ccccc2)[nH]1. The molecule has 0 radical (unpaired) electrons. The zero-order valence-electron chi connectivity index (χ0n) is 9.13. The fraction of sp³-hybridized carbons (Fsp3) is 0.167. The Kier molecular flexibility index (Phi) is 3.82. The maximum absolute atomic E-state index is 11.4. The summed E-state index contributed by atoms with van der Waals surface area (Å²) >= 11 is 1.65. The smallest absolute Gasteiger partial charge is 0.265 e. The third-order valence-electron chi connectivity index (χ3n) is 2.22. The molecule has 0 fully saturated rings. The summed E-state index contributed by atoms with van der Waals surface area (Å²) in [5.41, 5.74) is -0.437. The first-order valence-electron chi connectivity index (χ1n) is 5.24. The molecule has 0 saturated carbocycles. The molecule has 1 heterocycles. The Morgan fingerprint density at radius 1 is 1.06 bits per heavy atom. The minimum absolute atomic E-state index is 0.182. The molecule has 17 heavy (non-hydrogen) atoms. The molecule has 4 nitrogen and oxygen atoms in total. The van der Waals surface area contributed by atoms with Gasteiger partial charge in [0.05, 0.1) is 6.54 Å². The van der Waals surface area contributed by atoms with Crippen molar-refractivity contribution in [3.8, 4) is 0 Å². The van der Waals surface area contributed by atoms with E-state index in [9.17, 15) is 9.59 Å². The van der Waals surface area contributed by atoms with Crippen LogP contribution in [0, 0.1) is 0 Å². The van der Waals surface area contributed by atoms with Gasteiger partial charge in [-0.1, -0.05) is 18.2 Å². The van der Waals surface area contributed by atoms with Crippen LogP contribution < -0.4 is 11.1 Å². The number of thioether (sulfide) groups is 1. The van der Waals surface area contributed by atoms with Gasteiger partial charge in [0.15, 0.2) is 0 Å². The van der Waals surface area contributed by atoms with Crippen LogP contribution in [-0.4, -0.2) is 15.5 Å². The van der Waals surface area contributed by atoms with Crippen LogP contribution >= 0.6 is 11.8 Å². The van der Waals surface area contributed by atoms with Gasteiger partial charge in [-0.05, 0) is 12.1 Å². The summed E-state index contributed by atoms with van der Waals surface area (Å²) in [6.45, 7) is 0.495. The van der Waals surface area contributed by atoms with Crippen molar-refractivity contribution in [3.63, 3.8) is 0 Å². The van der Waals surface area contributed by atoms with Gasteiger partial charge < -0.3 is 0 Å². The van der Waals surface area contributed by atoms with E-state index in [4.69, 9.17) is 0 Å². The zero-order chi connectivity index (χ0) is 12.1. The van der Waals surface area contributed by atoms with E-state index in [-0.39, 0.29) is 11.1 Å². The number of H-pyrrole nitrogens is 1. The Bertz CT molecular complexity index is 589. The Hall–Kier alpha value is -1.75. The molecular formula is C12H12N2O2S. The number of benzene rings is 1. The summed E-state index contributed by atoms with van der Waals surface area (Å²) in [6, 6.07) is 12.5. The lowest BCUT2D eigenvalue weighted by Crippen LogP contribution is -2.28. The number of nitrogens with one attached hydrogen (secondary N) is 1. The van der Waals surface area contributed by atoms with Crippen molar-refractivity contribution >= 4 is 11.8 Å². The number of aryl methyl sites for hydroxylation is 1. The Morgan fingerprint density at radius 2 is 1.82 bits per heavy atom. The average molecular weight is 248 g/mol. The monoisotopic (exact) mass is 248 g/mol. The molecule has 0 spiro atoms. The van der Waals surface area contributed by atoms with Crippen LogP contribution in [0.1, 0.15) is 0 Å². The number of hydrogen-bond donors (Lipinski definition) is 1.